The molecule has 2 N–H and O–H groups in total. The van der Waals surface area contributed by atoms with E-state index in [4.69, 9.17) is 0 Å². The molecule has 0 aromatic heterocycles. The highest BCUT2D eigenvalue weighted by molar-refractivity contribution is 5.77. The molecule has 1 aliphatic heterocycles. The summed E-state index contributed by atoms with van der Waals surface area (Å²) in [6, 6.07) is 10.3. The van der Waals surface area contributed by atoms with E-state index < -0.39 is 0 Å². The molecule has 1 fully saturated rings. The molecule has 0 spiro atoms. The Morgan fingerprint density at radius 1 is 1.20 bits per heavy atom. The van der Waals surface area contributed by atoms with Crippen molar-refractivity contribution in [2.45, 2.75) is 25.8 Å². The van der Waals surface area contributed by atoms with Gasteiger partial charge in [0, 0.05) is 46.7 Å². The Morgan fingerprint density at radius 2 is 1.96 bits per heavy atom. The number of urea groups is 1. The number of hydrogen-bond acceptors (Lipinski definition) is 3. The predicted molar refractivity (Wildman–Crippen MR) is 99.2 cm³/mol. The van der Waals surface area contributed by atoms with Crippen LogP contribution in [0.2, 0.25) is 0 Å². The van der Waals surface area contributed by atoms with Crippen molar-refractivity contribution in [2.24, 2.45) is 5.92 Å². The summed E-state index contributed by atoms with van der Waals surface area (Å²) in [6.07, 6.45) is 2.64. The largest absolute Gasteiger partial charge is 0.349 e. The number of amides is 3. The van der Waals surface area contributed by atoms with Gasteiger partial charge in [0.15, 0.2) is 0 Å². The van der Waals surface area contributed by atoms with Crippen LogP contribution >= 0.6 is 0 Å². The van der Waals surface area contributed by atoms with E-state index in [2.05, 4.69) is 39.8 Å². The highest BCUT2D eigenvalue weighted by Gasteiger charge is 2.20. The second-order valence-electron chi connectivity index (χ2n) is 6.90. The quantitative estimate of drug-likeness (QED) is 0.789. The molecule has 1 aromatic carbocycles. The number of piperidine rings is 1. The van der Waals surface area contributed by atoms with Crippen LogP contribution < -0.4 is 10.6 Å². The third kappa shape index (κ3) is 7.13. The van der Waals surface area contributed by atoms with Gasteiger partial charge in [0.25, 0.3) is 0 Å². The van der Waals surface area contributed by atoms with Crippen molar-refractivity contribution in [3.8, 4) is 0 Å². The van der Waals surface area contributed by atoms with Crippen molar-refractivity contribution < 1.29 is 9.59 Å². The van der Waals surface area contributed by atoms with E-state index in [0.29, 0.717) is 25.4 Å². The highest BCUT2D eigenvalue weighted by Crippen LogP contribution is 2.18. The molecule has 0 bridgehead atoms. The molecule has 0 saturated carbocycles. The smallest absolute Gasteiger partial charge is 0.314 e. The van der Waals surface area contributed by atoms with Gasteiger partial charge in [-0.3, -0.25) is 9.69 Å². The number of rotatable bonds is 7. The van der Waals surface area contributed by atoms with E-state index in [1.807, 2.05) is 6.07 Å². The molecule has 6 nitrogen and oxygen atoms in total. The summed E-state index contributed by atoms with van der Waals surface area (Å²) >= 11 is 0. The van der Waals surface area contributed by atoms with Crippen LogP contribution in [0, 0.1) is 5.92 Å². The molecular weight excluding hydrogens is 316 g/mol. The van der Waals surface area contributed by atoms with Crippen LogP contribution in [0.15, 0.2) is 30.3 Å². The maximum Gasteiger partial charge on any atom is 0.314 e. The van der Waals surface area contributed by atoms with E-state index in [-0.39, 0.29) is 11.9 Å². The SMILES string of the molecule is CN(C)C(=O)CCNC(=O)NCC1CCCN(Cc2ccccc2)C1. The second-order valence-corrected chi connectivity index (χ2v) is 6.90. The lowest BCUT2D eigenvalue weighted by atomic mass is 9.97. The van der Waals surface area contributed by atoms with Crippen molar-refractivity contribution in [3.63, 3.8) is 0 Å². The maximum absolute atomic E-state index is 11.8. The Bertz CT molecular complexity index is 548. The van der Waals surface area contributed by atoms with Gasteiger partial charge in [-0.05, 0) is 30.9 Å². The topological polar surface area (TPSA) is 64.7 Å². The molecule has 1 aliphatic rings. The average Bonchev–Trinajstić information content (AvgIpc) is 2.61. The van der Waals surface area contributed by atoms with Crippen LogP contribution in [0.25, 0.3) is 0 Å². The molecule has 2 rings (SSSR count). The fraction of sp³-hybridized carbons (Fsp3) is 0.579. The zero-order chi connectivity index (χ0) is 18.1. The predicted octanol–water partition coefficient (Wildman–Crippen LogP) is 1.68. The summed E-state index contributed by atoms with van der Waals surface area (Å²) in [5.74, 6) is 0.496. The summed E-state index contributed by atoms with van der Waals surface area (Å²) in [5.41, 5.74) is 1.33. The Labute approximate surface area is 150 Å². The van der Waals surface area contributed by atoms with Crippen LogP contribution in [0.4, 0.5) is 4.79 Å². The Kier molecular flexibility index (Phi) is 7.73. The van der Waals surface area contributed by atoms with Gasteiger partial charge in [-0.25, -0.2) is 4.79 Å². The van der Waals surface area contributed by atoms with Crippen LogP contribution in [-0.4, -0.2) is 62.0 Å². The van der Waals surface area contributed by atoms with Gasteiger partial charge in [0.2, 0.25) is 5.91 Å². The van der Waals surface area contributed by atoms with Gasteiger partial charge in [-0.2, -0.15) is 0 Å². The minimum atomic E-state index is -0.188. The van der Waals surface area contributed by atoms with Crippen LogP contribution in [0.3, 0.4) is 0 Å². The molecule has 1 atom stereocenters. The molecule has 0 aliphatic carbocycles. The summed E-state index contributed by atoms with van der Waals surface area (Å²) < 4.78 is 0. The monoisotopic (exact) mass is 346 g/mol. The number of nitrogens with zero attached hydrogens (tertiary/aromatic N) is 2. The first kappa shape index (κ1) is 19.2. The molecule has 138 valence electrons. The molecule has 6 heteroatoms. The Balaban J connectivity index is 1.65. The van der Waals surface area contributed by atoms with Gasteiger partial charge in [0.05, 0.1) is 0 Å². The minimum Gasteiger partial charge on any atom is -0.349 e. The van der Waals surface area contributed by atoms with E-state index in [1.165, 1.54) is 10.5 Å². The molecule has 1 heterocycles. The van der Waals surface area contributed by atoms with E-state index >= 15 is 0 Å². The lowest BCUT2D eigenvalue weighted by molar-refractivity contribution is -0.128. The third-order valence-electron chi connectivity index (χ3n) is 4.53. The molecule has 1 aromatic rings. The van der Waals surface area contributed by atoms with Crippen LogP contribution in [0.1, 0.15) is 24.8 Å². The van der Waals surface area contributed by atoms with E-state index in [1.54, 1.807) is 14.1 Å². The number of hydrogen-bond donors (Lipinski definition) is 2. The molecule has 1 unspecified atom stereocenters. The Morgan fingerprint density at radius 3 is 2.68 bits per heavy atom. The van der Waals surface area contributed by atoms with Gasteiger partial charge < -0.3 is 15.5 Å². The minimum absolute atomic E-state index is 0.0177. The van der Waals surface area contributed by atoms with Gasteiger partial charge in [-0.1, -0.05) is 30.3 Å². The zero-order valence-corrected chi connectivity index (χ0v) is 15.3. The summed E-state index contributed by atoms with van der Waals surface area (Å²) in [7, 11) is 3.43. The number of likely N-dealkylation sites (tertiary alicyclic amines) is 1. The van der Waals surface area contributed by atoms with Gasteiger partial charge in [0.1, 0.15) is 0 Å². The first-order chi connectivity index (χ1) is 12.0. The molecular formula is C19H30N4O2. The third-order valence-corrected chi connectivity index (χ3v) is 4.53. The lowest BCUT2D eigenvalue weighted by Crippen LogP contribution is -2.44. The van der Waals surface area contributed by atoms with Crippen molar-refractivity contribution in [1.82, 2.24) is 20.4 Å². The van der Waals surface area contributed by atoms with Crippen molar-refractivity contribution >= 4 is 11.9 Å². The highest BCUT2D eigenvalue weighted by atomic mass is 16.2. The molecule has 0 radical (unpaired) electrons. The Hall–Kier alpha value is -2.08. The number of carbonyl (C=O) groups is 2. The van der Waals surface area contributed by atoms with Gasteiger partial charge >= 0.3 is 6.03 Å². The average molecular weight is 346 g/mol. The first-order valence-corrected chi connectivity index (χ1v) is 9.02. The van der Waals surface area contributed by atoms with Gasteiger partial charge in [-0.15, -0.1) is 0 Å². The van der Waals surface area contributed by atoms with Crippen LogP contribution in [-0.2, 0) is 11.3 Å². The number of benzene rings is 1. The lowest BCUT2D eigenvalue weighted by Gasteiger charge is -2.32. The first-order valence-electron chi connectivity index (χ1n) is 9.02. The van der Waals surface area contributed by atoms with Crippen LogP contribution in [0.5, 0.6) is 0 Å². The van der Waals surface area contributed by atoms with E-state index in [9.17, 15) is 9.59 Å². The maximum atomic E-state index is 11.8. The second kappa shape index (κ2) is 10.0. The number of nitrogens with one attached hydrogen (secondary N) is 2. The van der Waals surface area contributed by atoms with Crippen molar-refractivity contribution in [2.75, 3.05) is 40.3 Å². The summed E-state index contributed by atoms with van der Waals surface area (Å²) in [4.78, 5) is 27.3. The van der Waals surface area contributed by atoms with E-state index in [0.717, 1.165) is 32.5 Å². The van der Waals surface area contributed by atoms with Crippen molar-refractivity contribution in [1.29, 1.82) is 0 Å². The fourth-order valence-electron chi connectivity index (χ4n) is 3.11. The summed E-state index contributed by atoms with van der Waals surface area (Å²) in [6.45, 7) is 4.14. The number of carbonyl (C=O) groups excluding carboxylic acids is 2. The summed E-state index contributed by atoms with van der Waals surface area (Å²) in [5, 5.41) is 5.69. The molecule has 25 heavy (non-hydrogen) atoms. The zero-order valence-electron chi connectivity index (χ0n) is 15.3. The molecule has 3 amide bonds. The molecule has 1 saturated heterocycles. The van der Waals surface area contributed by atoms with Crippen molar-refractivity contribution in [3.05, 3.63) is 35.9 Å². The fourth-order valence-corrected chi connectivity index (χ4v) is 3.11. The standard InChI is InChI=1S/C19H30N4O2/c1-22(2)18(24)10-11-20-19(25)21-13-17-9-6-12-23(15-17)14-16-7-4-3-5-8-16/h3-5,7-8,17H,6,9-15H2,1-2H3,(H2,20,21,25). The normalized spacial score (nSPS) is 17.8.